The van der Waals surface area contributed by atoms with E-state index in [0.29, 0.717) is 11.9 Å². The first-order valence-electron chi connectivity index (χ1n) is 10.6. The van der Waals surface area contributed by atoms with Gasteiger partial charge in [0.1, 0.15) is 0 Å². The summed E-state index contributed by atoms with van der Waals surface area (Å²) in [5.41, 5.74) is 2.64. The Morgan fingerprint density at radius 2 is 1.46 bits per heavy atom. The van der Waals surface area contributed by atoms with Crippen molar-refractivity contribution in [3.63, 3.8) is 0 Å². The Balaban J connectivity index is 1.73. The lowest BCUT2D eigenvalue weighted by atomic mass is 10.0. The molecule has 0 aliphatic heterocycles. The summed E-state index contributed by atoms with van der Waals surface area (Å²) >= 11 is 0. The van der Waals surface area contributed by atoms with Gasteiger partial charge in [-0.3, -0.25) is 25.0 Å². The summed E-state index contributed by atoms with van der Waals surface area (Å²) in [4.78, 5) is 46.6. The summed E-state index contributed by atoms with van der Waals surface area (Å²) in [7, 11) is 0. The van der Waals surface area contributed by atoms with Crippen LogP contribution in [0.5, 0.6) is 0 Å². The molecular formula is C25H19N3O7. The Morgan fingerprint density at radius 1 is 0.857 bits per heavy atom. The van der Waals surface area contributed by atoms with Gasteiger partial charge in [0, 0.05) is 36.0 Å². The molecule has 176 valence electrons. The molecular weight excluding hydrogens is 454 g/mol. The van der Waals surface area contributed by atoms with Gasteiger partial charge < -0.3 is 9.14 Å². The number of carbonyl (C=O) groups is 2. The highest BCUT2D eigenvalue weighted by Gasteiger charge is 2.22. The van der Waals surface area contributed by atoms with Gasteiger partial charge in [-0.05, 0) is 54.8 Å². The molecule has 35 heavy (non-hydrogen) atoms. The van der Waals surface area contributed by atoms with Crippen LogP contribution in [-0.4, -0.2) is 32.6 Å². The number of nitrogens with zero attached hydrogens (tertiary/aromatic N) is 3. The number of hydrogen-bond acceptors (Lipinski definition) is 7. The predicted octanol–water partition coefficient (Wildman–Crippen LogP) is 4.75. The number of ether oxygens (including phenoxy) is 1. The highest BCUT2D eigenvalue weighted by Crippen LogP contribution is 2.24. The molecule has 10 nitrogen and oxygen atoms in total. The zero-order valence-electron chi connectivity index (χ0n) is 18.5. The summed E-state index contributed by atoms with van der Waals surface area (Å²) in [5, 5.41) is 21.8. The number of aromatic nitrogens is 1. The number of benzene rings is 2. The maximum absolute atomic E-state index is 13.2. The maximum atomic E-state index is 13.2. The van der Waals surface area contributed by atoms with Crippen LogP contribution in [-0.2, 0) is 11.2 Å². The molecule has 0 amide bonds. The van der Waals surface area contributed by atoms with Crippen molar-refractivity contribution in [3.05, 3.63) is 121 Å². The van der Waals surface area contributed by atoms with E-state index in [2.05, 4.69) is 0 Å². The van der Waals surface area contributed by atoms with E-state index in [1.54, 1.807) is 41.8 Å². The van der Waals surface area contributed by atoms with Crippen molar-refractivity contribution in [3.8, 4) is 0 Å². The van der Waals surface area contributed by atoms with Crippen molar-refractivity contribution in [1.29, 1.82) is 0 Å². The molecule has 0 bridgehead atoms. The van der Waals surface area contributed by atoms with E-state index >= 15 is 0 Å². The average molecular weight is 473 g/mol. The zero-order chi connectivity index (χ0) is 25.1. The van der Waals surface area contributed by atoms with E-state index < -0.39 is 21.6 Å². The zero-order valence-corrected chi connectivity index (χ0v) is 18.5. The number of fused-ring (bicyclic) bond motifs is 1. The molecule has 0 N–H and O–H groups in total. The van der Waals surface area contributed by atoms with Crippen LogP contribution in [0.1, 0.15) is 44.5 Å². The molecule has 2 aromatic carbocycles. The first kappa shape index (κ1) is 23.3. The SMILES string of the molecule is CCOC(=O)c1cc(C(=O)c2ccc([N+](=O)[O-])cc2)n2ccc(Cc3ccc([N+](=O)[O-])cc3)cc12. The molecule has 0 aliphatic carbocycles. The molecule has 4 rings (SSSR count). The van der Waals surface area contributed by atoms with E-state index in [-0.39, 0.29) is 34.8 Å². The Labute approximate surface area is 198 Å². The van der Waals surface area contributed by atoms with Crippen molar-refractivity contribution in [2.75, 3.05) is 6.61 Å². The highest BCUT2D eigenvalue weighted by molar-refractivity contribution is 6.11. The Kier molecular flexibility index (Phi) is 6.36. The first-order valence-corrected chi connectivity index (χ1v) is 10.6. The molecule has 0 saturated heterocycles. The van der Waals surface area contributed by atoms with E-state index in [9.17, 15) is 29.8 Å². The minimum absolute atomic E-state index is 0.00483. The quantitative estimate of drug-likeness (QED) is 0.156. The maximum Gasteiger partial charge on any atom is 0.340 e. The third-order valence-electron chi connectivity index (χ3n) is 5.46. The predicted molar refractivity (Wildman–Crippen MR) is 126 cm³/mol. The lowest BCUT2D eigenvalue weighted by Gasteiger charge is -2.07. The van der Waals surface area contributed by atoms with Crippen LogP contribution < -0.4 is 0 Å². The number of nitro benzene ring substituents is 2. The molecule has 4 aromatic rings. The molecule has 0 unspecified atom stereocenters. The number of esters is 1. The topological polar surface area (TPSA) is 134 Å². The number of hydrogen-bond donors (Lipinski definition) is 0. The van der Waals surface area contributed by atoms with E-state index in [1.165, 1.54) is 42.5 Å². The van der Waals surface area contributed by atoms with Gasteiger partial charge in [0.25, 0.3) is 11.4 Å². The normalized spacial score (nSPS) is 10.8. The summed E-state index contributed by atoms with van der Waals surface area (Å²) in [6.07, 6.45) is 2.12. The van der Waals surface area contributed by atoms with Gasteiger partial charge in [0.15, 0.2) is 0 Å². The second-order valence-electron chi connectivity index (χ2n) is 7.69. The fourth-order valence-electron chi connectivity index (χ4n) is 3.75. The Bertz CT molecular complexity index is 1460. The summed E-state index contributed by atoms with van der Waals surface area (Å²) in [6, 6.07) is 16.4. The van der Waals surface area contributed by atoms with Gasteiger partial charge in [0.05, 0.1) is 33.2 Å². The molecule has 0 aliphatic rings. The van der Waals surface area contributed by atoms with Crippen LogP contribution in [0.3, 0.4) is 0 Å². The summed E-state index contributed by atoms with van der Waals surface area (Å²) in [6.45, 7) is 1.84. The summed E-state index contributed by atoms with van der Waals surface area (Å²) < 4.78 is 6.75. The van der Waals surface area contributed by atoms with Gasteiger partial charge in [-0.15, -0.1) is 0 Å². The minimum Gasteiger partial charge on any atom is -0.462 e. The van der Waals surface area contributed by atoms with Crippen LogP contribution in [0.4, 0.5) is 11.4 Å². The van der Waals surface area contributed by atoms with Gasteiger partial charge in [-0.25, -0.2) is 4.79 Å². The standard InChI is InChI=1S/C25H19N3O7/c1-2-35-25(30)21-15-23(24(29)18-5-9-20(10-6-18)28(33)34)26-12-11-17(14-22(21)26)13-16-3-7-19(8-4-16)27(31)32/h3-12,14-15H,2,13H2,1H3. The second-order valence-corrected chi connectivity index (χ2v) is 7.69. The van der Waals surface area contributed by atoms with Crippen molar-refractivity contribution in [2.45, 2.75) is 13.3 Å². The lowest BCUT2D eigenvalue weighted by Crippen LogP contribution is -2.05. The van der Waals surface area contributed by atoms with Crippen LogP contribution >= 0.6 is 0 Å². The number of nitro groups is 2. The van der Waals surface area contributed by atoms with Crippen molar-refractivity contribution in [2.24, 2.45) is 0 Å². The number of carbonyl (C=O) groups excluding carboxylic acids is 2. The van der Waals surface area contributed by atoms with Crippen LogP contribution in [0.25, 0.3) is 5.52 Å². The fourth-order valence-corrected chi connectivity index (χ4v) is 3.75. The van der Waals surface area contributed by atoms with E-state index in [4.69, 9.17) is 4.74 Å². The van der Waals surface area contributed by atoms with Crippen LogP contribution in [0.15, 0.2) is 72.9 Å². The van der Waals surface area contributed by atoms with E-state index in [1.807, 2.05) is 0 Å². The van der Waals surface area contributed by atoms with Crippen LogP contribution in [0, 0.1) is 20.2 Å². The molecule has 0 fully saturated rings. The van der Waals surface area contributed by atoms with E-state index in [0.717, 1.165) is 11.1 Å². The Hall–Kier alpha value is -4.86. The average Bonchev–Trinajstić information content (AvgIpc) is 3.23. The van der Waals surface area contributed by atoms with Crippen molar-refractivity contribution >= 4 is 28.6 Å². The van der Waals surface area contributed by atoms with Gasteiger partial charge >= 0.3 is 5.97 Å². The summed E-state index contributed by atoms with van der Waals surface area (Å²) in [5.74, 6) is -0.992. The van der Waals surface area contributed by atoms with Crippen molar-refractivity contribution < 1.29 is 24.2 Å². The molecule has 10 heteroatoms. The number of rotatable bonds is 8. The third-order valence-corrected chi connectivity index (χ3v) is 5.46. The first-order chi connectivity index (χ1) is 16.8. The van der Waals surface area contributed by atoms with Crippen LogP contribution in [0.2, 0.25) is 0 Å². The second kappa shape index (κ2) is 9.56. The molecule has 0 spiro atoms. The smallest absolute Gasteiger partial charge is 0.340 e. The molecule has 0 saturated carbocycles. The number of non-ortho nitro benzene ring substituents is 2. The molecule has 0 atom stereocenters. The van der Waals surface area contributed by atoms with Gasteiger partial charge in [-0.1, -0.05) is 12.1 Å². The highest BCUT2D eigenvalue weighted by atomic mass is 16.6. The molecule has 0 radical (unpaired) electrons. The number of ketones is 1. The van der Waals surface area contributed by atoms with Crippen molar-refractivity contribution in [1.82, 2.24) is 4.40 Å². The molecule has 2 heterocycles. The fraction of sp³-hybridized carbons (Fsp3) is 0.120. The molecule has 2 aromatic heterocycles. The monoisotopic (exact) mass is 473 g/mol. The lowest BCUT2D eigenvalue weighted by molar-refractivity contribution is -0.385. The number of pyridine rings is 1. The Morgan fingerprint density at radius 3 is 2.03 bits per heavy atom. The largest absolute Gasteiger partial charge is 0.462 e. The van der Waals surface area contributed by atoms with Gasteiger partial charge in [-0.2, -0.15) is 0 Å². The van der Waals surface area contributed by atoms with Gasteiger partial charge in [0.2, 0.25) is 5.78 Å². The third kappa shape index (κ3) is 4.76. The minimum atomic E-state index is -0.583.